The minimum atomic E-state index is -0.397. The Morgan fingerprint density at radius 2 is 1.60 bits per heavy atom. The van der Waals surface area contributed by atoms with Crippen LogP contribution in [0.1, 0.15) is 54.0 Å². The molecule has 1 fully saturated rings. The van der Waals surface area contributed by atoms with Crippen LogP contribution in [0.15, 0.2) is 91.0 Å². The molecule has 2 aliphatic rings. The van der Waals surface area contributed by atoms with Gasteiger partial charge in [0.25, 0.3) is 0 Å². The van der Waals surface area contributed by atoms with E-state index in [1.54, 1.807) is 6.07 Å². The Hall–Kier alpha value is -4.32. The first kappa shape index (κ1) is 25.9. The zero-order valence-corrected chi connectivity index (χ0v) is 22.3. The maximum Gasteiger partial charge on any atom is 0.309 e. The fraction of sp³-hybridized carbons (Fsp3) is 0.265. The Labute approximate surface area is 233 Å². The van der Waals surface area contributed by atoms with Crippen molar-refractivity contribution in [2.24, 2.45) is 5.92 Å². The second-order valence-electron chi connectivity index (χ2n) is 10.2. The van der Waals surface area contributed by atoms with E-state index in [0.717, 1.165) is 28.9 Å². The first-order valence-electron chi connectivity index (χ1n) is 13.8. The molecule has 0 heterocycles. The fourth-order valence-electron chi connectivity index (χ4n) is 5.36. The summed E-state index contributed by atoms with van der Waals surface area (Å²) < 4.78 is 38.4. The van der Waals surface area contributed by atoms with Gasteiger partial charge in [-0.3, -0.25) is 4.79 Å². The molecule has 0 spiro atoms. The number of hydrogen-bond donors (Lipinski definition) is 0. The molecule has 204 valence electrons. The van der Waals surface area contributed by atoms with Crippen molar-refractivity contribution in [3.63, 3.8) is 0 Å². The lowest BCUT2D eigenvalue weighted by Crippen LogP contribution is -2.07. The Kier molecular flexibility index (Phi) is 7.41. The van der Waals surface area contributed by atoms with Crippen LogP contribution >= 0.6 is 0 Å². The molecule has 4 aromatic carbocycles. The van der Waals surface area contributed by atoms with Gasteiger partial charge in [-0.05, 0) is 91.8 Å². The molecule has 0 saturated heterocycles. The smallest absolute Gasteiger partial charge is 0.309 e. The predicted molar refractivity (Wildman–Crippen MR) is 149 cm³/mol. The van der Waals surface area contributed by atoms with E-state index < -0.39 is 6.10 Å². The van der Waals surface area contributed by atoms with Crippen LogP contribution in [-0.2, 0) is 22.6 Å². The molecule has 6 rings (SSSR count). The zero-order chi connectivity index (χ0) is 27.5. The SMILES string of the molecule is CCOC(=O)C1CC1c1ccc(OC2CCc3c(Oc4ccc(OCc5ccccc5)cc4)ccc(F)c32)cc1. The van der Waals surface area contributed by atoms with E-state index in [9.17, 15) is 4.79 Å². The molecule has 3 atom stereocenters. The second-order valence-corrected chi connectivity index (χ2v) is 10.2. The van der Waals surface area contributed by atoms with Gasteiger partial charge >= 0.3 is 5.97 Å². The highest BCUT2D eigenvalue weighted by atomic mass is 19.1. The lowest BCUT2D eigenvalue weighted by Gasteiger charge is -2.17. The topological polar surface area (TPSA) is 54.0 Å². The molecule has 0 aromatic heterocycles. The lowest BCUT2D eigenvalue weighted by atomic mass is 10.1. The monoisotopic (exact) mass is 538 g/mol. The molecular formula is C34H31FO5. The molecule has 0 radical (unpaired) electrons. The molecule has 2 aliphatic carbocycles. The minimum Gasteiger partial charge on any atom is -0.489 e. The van der Waals surface area contributed by atoms with Gasteiger partial charge in [0.2, 0.25) is 0 Å². The third-order valence-electron chi connectivity index (χ3n) is 7.51. The minimum absolute atomic E-state index is 0.0565. The molecule has 6 heteroatoms. The van der Waals surface area contributed by atoms with Crippen LogP contribution < -0.4 is 14.2 Å². The van der Waals surface area contributed by atoms with Crippen molar-refractivity contribution in [3.05, 3.63) is 119 Å². The third-order valence-corrected chi connectivity index (χ3v) is 7.51. The summed E-state index contributed by atoms with van der Waals surface area (Å²) in [6.45, 7) is 2.71. The van der Waals surface area contributed by atoms with Crippen molar-refractivity contribution >= 4 is 5.97 Å². The van der Waals surface area contributed by atoms with Crippen LogP contribution in [0.25, 0.3) is 0 Å². The number of carbonyl (C=O) groups is 1. The van der Waals surface area contributed by atoms with E-state index >= 15 is 4.39 Å². The number of ether oxygens (including phenoxy) is 4. The molecule has 3 unspecified atom stereocenters. The maximum absolute atomic E-state index is 15.0. The Morgan fingerprint density at radius 3 is 2.35 bits per heavy atom. The van der Waals surface area contributed by atoms with Crippen molar-refractivity contribution in [1.29, 1.82) is 0 Å². The summed E-state index contributed by atoms with van der Waals surface area (Å²) in [5.74, 6) is 2.43. The van der Waals surface area contributed by atoms with Gasteiger partial charge in [0, 0.05) is 11.1 Å². The summed E-state index contributed by atoms with van der Waals surface area (Å²) in [6.07, 6.45) is 1.74. The van der Waals surface area contributed by atoms with Crippen LogP contribution in [-0.4, -0.2) is 12.6 Å². The quantitative estimate of drug-likeness (QED) is 0.192. The van der Waals surface area contributed by atoms with E-state index in [0.29, 0.717) is 48.9 Å². The lowest BCUT2D eigenvalue weighted by molar-refractivity contribution is -0.144. The van der Waals surface area contributed by atoms with Crippen molar-refractivity contribution < 1.29 is 28.1 Å². The van der Waals surface area contributed by atoms with Gasteiger partial charge < -0.3 is 18.9 Å². The van der Waals surface area contributed by atoms with E-state index in [2.05, 4.69) is 0 Å². The summed E-state index contributed by atoms with van der Waals surface area (Å²) >= 11 is 0. The van der Waals surface area contributed by atoms with Gasteiger partial charge in [-0.15, -0.1) is 0 Å². The average molecular weight is 539 g/mol. The molecule has 0 N–H and O–H groups in total. The first-order chi connectivity index (χ1) is 19.6. The number of fused-ring (bicyclic) bond motifs is 1. The Morgan fingerprint density at radius 1 is 0.875 bits per heavy atom. The van der Waals surface area contributed by atoms with Crippen LogP contribution in [0, 0.1) is 11.7 Å². The first-order valence-corrected chi connectivity index (χ1v) is 13.8. The second kappa shape index (κ2) is 11.4. The summed E-state index contributed by atoms with van der Waals surface area (Å²) in [5.41, 5.74) is 3.58. The van der Waals surface area contributed by atoms with Gasteiger partial charge in [-0.1, -0.05) is 42.5 Å². The van der Waals surface area contributed by atoms with Gasteiger partial charge in [0.05, 0.1) is 12.5 Å². The predicted octanol–water partition coefficient (Wildman–Crippen LogP) is 7.93. The van der Waals surface area contributed by atoms with Gasteiger partial charge in [-0.2, -0.15) is 0 Å². The van der Waals surface area contributed by atoms with Crippen LogP contribution in [0.4, 0.5) is 4.39 Å². The highest BCUT2D eigenvalue weighted by molar-refractivity contribution is 5.77. The van der Waals surface area contributed by atoms with Gasteiger partial charge in [0.15, 0.2) is 0 Å². The summed E-state index contributed by atoms with van der Waals surface area (Å²) in [7, 11) is 0. The van der Waals surface area contributed by atoms with Crippen molar-refractivity contribution in [2.45, 2.75) is 44.8 Å². The Bertz CT molecular complexity index is 1470. The molecule has 40 heavy (non-hydrogen) atoms. The summed E-state index contributed by atoms with van der Waals surface area (Å²) in [4.78, 5) is 12.0. The number of benzene rings is 4. The van der Waals surface area contributed by atoms with Gasteiger partial charge in [0.1, 0.15) is 41.5 Å². The van der Waals surface area contributed by atoms with Crippen molar-refractivity contribution in [3.8, 4) is 23.0 Å². The summed E-state index contributed by atoms with van der Waals surface area (Å²) in [5, 5.41) is 0. The molecule has 5 nitrogen and oxygen atoms in total. The summed E-state index contributed by atoms with van der Waals surface area (Å²) in [6, 6.07) is 28.3. The zero-order valence-electron chi connectivity index (χ0n) is 22.3. The number of rotatable bonds is 10. The molecular weight excluding hydrogens is 507 g/mol. The van der Waals surface area contributed by atoms with Gasteiger partial charge in [-0.25, -0.2) is 4.39 Å². The van der Waals surface area contributed by atoms with Crippen molar-refractivity contribution in [1.82, 2.24) is 0 Å². The highest BCUT2D eigenvalue weighted by Crippen LogP contribution is 2.49. The third kappa shape index (κ3) is 5.67. The average Bonchev–Trinajstić information content (AvgIpc) is 3.68. The van der Waals surface area contributed by atoms with Crippen LogP contribution in [0.3, 0.4) is 0 Å². The fourth-order valence-corrected chi connectivity index (χ4v) is 5.36. The van der Waals surface area contributed by atoms with Crippen LogP contribution in [0.5, 0.6) is 23.0 Å². The molecule has 0 amide bonds. The normalized spacial score (nSPS) is 19.0. The standard InChI is InChI=1S/C34H31FO5/c1-2-37-34(36)29-20-28(29)23-8-10-25(11-9-23)40-32-18-16-27-31(19-17-30(35)33(27)32)39-26-14-12-24(13-15-26)38-21-22-6-4-3-5-7-22/h3-15,17,19,28-29,32H,2,16,18,20-21H2,1H3. The molecule has 1 saturated carbocycles. The van der Waals surface area contributed by atoms with E-state index in [4.69, 9.17) is 18.9 Å². The number of carbonyl (C=O) groups excluding carboxylic acids is 1. The van der Waals surface area contributed by atoms with E-state index in [-0.39, 0.29) is 23.6 Å². The maximum atomic E-state index is 15.0. The number of hydrogen-bond acceptors (Lipinski definition) is 5. The molecule has 0 bridgehead atoms. The number of esters is 1. The molecule has 4 aromatic rings. The van der Waals surface area contributed by atoms with Crippen LogP contribution in [0.2, 0.25) is 0 Å². The van der Waals surface area contributed by atoms with E-state index in [1.807, 2.05) is 85.8 Å². The number of halogens is 1. The van der Waals surface area contributed by atoms with E-state index in [1.165, 1.54) is 6.07 Å². The molecule has 0 aliphatic heterocycles. The largest absolute Gasteiger partial charge is 0.489 e. The highest BCUT2D eigenvalue weighted by Gasteiger charge is 2.45. The van der Waals surface area contributed by atoms with Crippen molar-refractivity contribution in [2.75, 3.05) is 6.61 Å². The Balaban J connectivity index is 1.09.